The van der Waals surface area contributed by atoms with Crippen LogP contribution >= 0.6 is 0 Å². The highest BCUT2D eigenvalue weighted by atomic mass is 16.1. The van der Waals surface area contributed by atoms with Crippen molar-refractivity contribution in [2.45, 2.75) is 39.2 Å². The molecule has 0 radical (unpaired) electrons. The molecule has 1 aliphatic rings. The predicted molar refractivity (Wildman–Crippen MR) is 66.4 cm³/mol. The van der Waals surface area contributed by atoms with Gasteiger partial charge in [-0.3, -0.25) is 4.79 Å². The first kappa shape index (κ1) is 13.5. The molecule has 1 amide bonds. The van der Waals surface area contributed by atoms with Gasteiger partial charge in [-0.2, -0.15) is 0 Å². The maximum atomic E-state index is 11.3. The zero-order valence-electron chi connectivity index (χ0n) is 10.6. The van der Waals surface area contributed by atoms with E-state index in [2.05, 4.69) is 29.4 Å². The van der Waals surface area contributed by atoms with Gasteiger partial charge in [-0.1, -0.05) is 13.8 Å². The summed E-state index contributed by atoms with van der Waals surface area (Å²) in [5.41, 5.74) is 0. The normalized spacial score (nSPS) is 21.9. The molecule has 1 fully saturated rings. The summed E-state index contributed by atoms with van der Waals surface area (Å²) in [5.74, 6) is 0.192. The van der Waals surface area contributed by atoms with E-state index in [4.69, 9.17) is 0 Å². The number of hydrogen-bond acceptors (Lipinski definition) is 3. The lowest BCUT2D eigenvalue weighted by atomic mass is 10.1. The van der Waals surface area contributed by atoms with Gasteiger partial charge in [-0.15, -0.1) is 0 Å². The minimum atomic E-state index is 0.192. The molecule has 16 heavy (non-hydrogen) atoms. The van der Waals surface area contributed by atoms with Crippen molar-refractivity contribution in [2.24, 2.45) is 0 Å². The van der Waals surface area contributed by atoms with E-state index in [1.807, 2.05) is 0 Å². The van der Waals surface area contributed by atoms with Crippen LogP contribution in [-0.2, 0) is 4.79 Å². The van der Waals surface area contributed by atoms with Crippen molar-refractivity contribution >= 4 is 5.91 Å². The van der Waals surface area contributed by atoms with Crippen LogP contribution in [0.25, 0.3) is 0 Å². The van der Waals surface area contributed by atoms with Gasteiger partial charge in [0.2, 0.25) is 5.91 Å². The lowest BCUT2D eigenvalue weighted by Gasteiger charge is -2.21. The summed E-state index contributed by atoms with van der Waals surface area (Å²) in [5, 5.41) is 6.40. The molecule has 0 aliphatic carbocycles. The van der Waals surface area contributed by atoms with Gasteiger partial charge >= 0.3 is 0 Å². The molecule has 0 aromatic rings. The van der Waals surface area contributed by atoms with Crippen LogP contribution in [0.2, 0.25) is 0 Å². The third kappa shape index (κ3) is 4.94. The Morgan fingerprint density at radius 3 is 2.88 bits per heavy atom. The number of amides is 1. The van der Waals surface area contributed by atoms with Gasteiger partial charge in [0.15, 0.2) is 0 Å². The number of carbonyl (C=O) groups excluding carboxylic acids is 1. The summed E-state index contributed by atoms with van der Waals surface area (Å²) in [4.78, 5) is 13.7. The van der Waals surface area contributed by atoms with Crippen molar-refractivity contribution in [3.8, 4) is 0 Å². The Morgan fingerprint density at radius 2 is 2.19 bits per heavy atom. The van der Waals surface area contributed by atoms with Crippen molar-refractivity contribution < 1.29 is 4.79 Å². The summed E-state index contributed by atoms with van der Waals surface area (Å²) in [6, 6.07) is 0.373. The summed E-state index contributed by atoms with van der Waals surface area (Å²) >= 11 is 0. The van der Waals surface area contributed by atoms with Crippen molar-refractivity contribution in [3.63, 3.8) is 0 Å². The lowest BCUT2D eigenvalue weighted by Crippen LogP contribution is -2.38. The highest BCUT2D eigenvalue weighted by Crippen LogP contribution is 2.05. The molecule has 1 unspecified atom stereocenters. The van der Waals surface area contributed by atoms with Crippen LogP contribution in [0, 0.1) is 0 Å². The quantitative estimate of drug-likeness (QED) is 0.698. The first-order valence-corrected chi connectivity index (χ1v) is 6.48. The van der Waals surface area contributed by atoms with Gasteiger partial charge < -0.3 is 15.5 Å². The summed E-state index contributed by atoms with van der Waals surface area (Å²) in [6.45, 7) is 9.47. The third-order valence-corrected chi connectivity index (χ3v) is 3.24. The Balaban J connectivity index is 2.18. The average Bonchev–Trinajstić information content (AvgIpc) is 2.49. The summed E-state index contributed by atoms with van der Waals surface area (Å²) in [6.07, 6.45) is 2.84. The van der Waals surface area contributed by atoms with Gasteiger partial charge in [-0.05, 0) is 25.9 Å². The van der Waals surface area contributed by atoms with Crippen molar-refractivity contribution in [1.29, 1.82) is 0 Å². The van der Waals surface area contributed by atoms with E-state index in [9.17, 15) is 4.79 Å². The van der Waals surface area contributed by atoms with Crippen LogP contribution in [0.1, 0.15) is 33.1 Å². The van der Waals surface area contributed by atoms with E-state index in [0.717, 1.165) is 45.6 Å². The van der Waals surface area contributed by atoms with Crippen LogP contribution < -0.4 is 10.6 Å². The fraction of sp³-hybridized carbons (Fsp3) is 0.917. The highest BCUT2D eigenvalue weighted by Gasteiger charge is 2.16. The van der Waals surface area contributed by atoms with Gasteiger partial charge in [-0.25, -0.2) is 0 Å². The number of nitrogens with one attached hydrogen (secondary N) is 2. The Kier molecular flexibility index (Phi) is 6.42. The van der Waals surface area contributed by atoms with Gasteiger partial charge in [0.25, 0.3) is 0 Å². The number of hydrogen-bond donors (Lipinski definition) is 2. The zero-order valence-corrected chi connectivity index (χ0v) is 10.6. The topological polar surface area (TPSA) is 44.4 Å². The van der Waals surface area contributed by atoms with Crippen molar-refractivity contribution in [1.82, 2.24) is 15.5 Å². The van der Waals surface area contributed by atoms with Crippen LogP contribution in [0.3, 0.4) is 0 Å². The first-order valence-electron chi connectivity index (χ1n) is 6.48. The fourth-order valence-electron chi connectivity index (χ4n) is 2.12. The summed E-state index contributed by atoms with van der Waals surface area (Å²) < 4.78 is 0. The fourth-order valence-corrected chi connectivity index (χ4v) is 2.12. The molecule has 0 bridgehead atoms. The van der Waals surface area contributed by atoms with Crippen LogP contribution in [0.5, 0.6) is 0 Å². The molecule has 0 aromatic carbocycles. The van der Waals surface area contributed by atoms with Gasteiger partial charge in [0, 0.05) is 32.1 Å². The molecule has 0 saturated carbocycles. The number of rotatable bonds is 6. The summed E-state index contributed by atoms with van der Waals surface area (Å²) in [7, 11) is 0. The molecule has 0 aromatic heterocycles. The number of likely N-dealkylation sites (N-methyl/N-ethyl adjacent to an activating group) is 1. The Morgan fingerprint density at radius 1 is 1.44 bits per heavy atom. The molecule has 94 valence electrons. The first-order chi connectivity index (χ1) is 7.76. The van der Waals surface area contributed by atoms with Gasteiger partial charge in [0.1, 0.15) is 0 Å². The lowest BCUT2D eigenvalue weighted by molar-refractivity contribution is -0.121. The average molecular weight is 227 g/mol. The highest BCUT2D eigenvalue weighted by molar-refractivity contribution is 5.76. The molecule has 1 rings (SSSR count). The van der Waals surface area contributed by atoms with Crippen LogP contribution in [0.4, 0.5) is 0 Å². The zero-order chi connectivity index (χ0) is 11.8. The molecular weight excluding hydrogens is 202 g/mol. The number of carbonyl (C=O) groups is 1. The molecule has 1 heterocycles. The molecule has 1 aliphatic heterocycles. The largest absolute Gasteiger partial charge is 0.356 e. The second-order valence-corrected chi connectivity index (χ2v) is 4.37. The Bertz CT molecular complexity index is 204. The third-order valence-electron chi connectivity index (χ3n) is 3.24. The standard InChI is InChI=1S/C12H25N3O/c1-3-15(4-2)9-8-13-11-6-5-7-14-12(16)10-11/h11,13H,3-10H2,1-2H3,(H,14,16). The van der Waals surface area contributed by atoms with E-state index in [1.54, 1.807) is 0 Å². The molecule has 2 N–H and O–H groups in total. The molecule has 0 spiro atoms. The molecule has 4 heteroatoms. The van der Waals surface area contributed by atoms with Crippen LogP contribution in [-0.4, -0.2) is 49.6 Å². The van der Waals surface area contributed by atoms with E-state index in [0.29, 0.717) is 12.5 Å². The van der Waals surface area contributed by atoms with Crippen molar-refractivity contribution in [3.05, 3.63) is 0 Å². The molecule has 1 atom stereocenters. The molecule has 4 nitrogen and oxygen atoms in total. The monoisotopic (exact) mass is 227 g/mol. The Labute approximate surface area is 98.8 Å². The SMILES string of the molecule is CCN(CC)CCNC1CCCNC(=O)C1. The predicted octanol–water partition coefficient (Wildman–Crippen LogP) is 0.587. The van der Waals surface area contributed by atoms with E-state index < -0.39 is 0 Å². The second-order valence-electron chi connectivity index (χ2n) is 4.37. The van der Waals surface area contributed by atoms with E-state index in [1.165, 1.54) is 0 Å². The van der Waals surface area contributed by atoms with E-state index in [-0.39, 0.29) is 5.91 Å². The maximum absolute atomic E-state index is 11.3. The smallest absolute Gasteiger partial charge is 0.221 e. The minimum absolute atomic E-state index is 0.192. The number of nitrogens with zero attached hydrogens (tertiary/aromatic N) is 1. The van der Waals surface area contributed by atoms with Crippen LogP contribution in [0.15, 0.2) is 0 Å². The van der Waals surface area contributed by atoms with Gasteiger partial charge in [0.05, 0.1) is 0 Å². The van der Waals surface area contributed by atoms with E-state index >= 15 is 0 Å². The maximum Gasteiger partial charge on any atom is 0.221 e. The Hall–Kier alpha value is -0.610. The second kappa shape index (κ2) is 7.63. The molecular formula is C12H25N3O. The minimum Gasteiger partial charge on any atom is -0.356 e. The van der Waals surface area contributed by atoms with Crippen molar-refractivity contribution in [2.75, 3.05) is 32.7 Å². The molecule has 1 saturated heterocycles.